The monoisotopic (exact) mass is 353 g/mol. The molecule has 3 aromatic rings. The highest BCUT2D eigenvalue weighted by Gasteiger charge is 2.10. The summed E-state index contributed by atoms with van der Waals surface area (Å²) in [7, 11) is 0. The first-order valence-corrected chi connectivity index (χ1v) is 7.84. The highest BCUT2D eigenvalue weighted by molar-refractivity contribution is 9.10. The zero-order chi connectivity index (χ0) is 15.4. The maximum atomic E-state index is 6.11. The third-order valence-corrected chi connectivity index (χ3v) is 3.92. The molecule has 0 fully saturated rings. The van der Waals surface area contributed by atoms with E-state index in [0.29, 0.717) is 6.61 Å². The Morgan fingerprint density at radius 1 is 0.818 bits per heavy atom. The summed E-state index contributed by atoms with van der Waals surface area (Å²) < 4.78 is 7.01. The summed E-state index contributed by atoms with van der Waals surface area (Å²) in [4.78, 5) is 0. The van der Waals surface area contributed by atoms with Gasteiger partial charge in [0.25, 0.3) is 0 Å². The van der Waals surface area contributed by atoms with E-state index < -0.39 is 0 Å². The zero-order valence-electron chi connectivity index (χ0n) is 12.0. The van der Waals surface area contributed by atoms with Crippen molar-refractivity contribution in [2.24, 2.45) is 0 Å². The number of rotatable bonds is 4. The second kappa shape index (κ2) is 6.67. The Labute approximate surface area is 138 Å². The Hall–Kier alpha value is -2.26. The number of nitrogen functional groups attached to an aromatic ring is 1. The molecule has 3 heteroatoms. The molecule has 2 nitrogen and oxygen atoms in total. The first kappa shape index (κ1) is 14.7. The quantitative estimate of drug-likeness (QED) is 0.647. The van der Waals surface area contributed by atoms with Gasteiger partial charge in [0.1, 0.15) is 12.4 Å². The smallest absolute Gasteiger partial charge is 0.127 e. The predicted molar refractivity (Wildman–Crippen MR) is 94.8 cm³/mol. The standard InChI is InChI=1S/C19H16BrNO/c20-15-10-11-19(22-13-14-6-2-1-3-7-14)17(12-15)16-8-4-5-9-18(16)21/h1-12H,13,21H2. The lowest BCUT2D eigenvalue weighted by Gasteiger charge is -2.14. The second-order valence-corrected chi connectivity index (χ2v) is 5.92. The van der Waals surface area contributed by atoms with Gasteiger partial charge in [-0.1, -0.05) is 64.5 Å². The van der Waals surface area contributed by atoms with Crippen molar-refractivity contribution in [1.29, 1.82) is 0 Å². The molecular weight excluding hydrogens is 338 g/mol. The summed E-state index contributed by atoms with van der Waals surface area (Å²) in [5.74, 6) is 0.824. The van der Waals surface area contributed by atoms with Gasteiger partial charge in [-0.05, 0) is 29.8 Å². The third-order valence-electron chi connectivity index (χ3n) is 3.43. The van der Waals surface area contributed by atoms with E-state index in [1.807, 2.05) is 60.7 Å². The molecule has 0 unspecified atom stereocenters. The number of benzene rings is 3. The van der Waals surface area contributed by atoms with Crippen LogP contribution in [0.1, 0.15) is 5.56 Å². The van der Waals surface area contributed by atoms with Gasteiger partial charge >= 0.3 is 0 Å². The summed E-state index contributed by atoms with van der Waals surface area (Å²) in [6.45, 7) is 0.530. The summed E-state index contributed by atoms with van der Waals surface area (Å²) in [6, 6.07) is 23.9. The van der Waals surface area contributed by atoms with E-state index in [4.69, 9.17) is 10.5 Å². The maximum Gasteiger partial charge on any atom is 0.127 e. The van der Waals surface area contributed by atoms with Gasteiger partial charge in [0.2, 0.25) is 0 Å². The molecule has 110 valence electrons. The molecule has 3 aromatic carbocycles. The number of nitrogens with two attached hydrogens (primary N) is 1. The van der Waals surface area contributed by atoms with Gasteiger partial charge in [-0.3, -0.25) is 0 Å². The lowest BCUT2D eigenvalue weighted by molar-refractivity contribution is 0.307. The Morgan fingerprint density at radius 2 is 1.55 bits per heavy atom. The molecule has 0 saturated carbocycles. The summed E-state index contributed by atoms with van der Waals surface area (Å²) >= 11 is 3.52. The van der Waals surface area contributed by atoms with E-state index in [2.05, 4.69) is 28.1 Å². The van der Waals surface area contributed by atoms with Gasteiger partial charge in [0, 0.05) is 21.3 Å². The molecule has 22 heavy (non-hydrogen) atoms. The number of halogens is 1. The third kappa shape index (κ3) is 3.31. The maximum absolute atomic E-state index is 6.11. The Kier molecular flexibility index (Phi) is 4.45. The van der Waals surface area contributed by atoms with Gasteiger partial charge in [0.15, 0.2) is 0 Å². The fraction of sp³-hybridized carbons (Fsp3) is 0.0526. The van der Waals surface area contributed by atoms with Crippen LogP contribution in [0, 0.1) is 0 Å². The minimum absolute atomic E-state index is 0.530. The molecule has 2 N–H and O–H groups in total. The number of para-hydroxylation sites is 1. The summed E-state index contributed by atoms with van der Waals surface area (Å²) in [6.07, 6.45) is 0. The molecule has 0 aromatic heterocycles. The molecule has 0 aliphatic heterocycles. The van der Waals surface area contributed by atoms with Crippen LogP contribution in [-0.2, 0) is 6.61 Å². The van der Waals surface area contributed by atoms with E-state index in [1.165, 1.54) is 0 Å². The van der Waals surface area contributed by atoms with Crippen LogP contribution < -0.4 is 10.5 Å². The molecule has 0 amide bonds. The van der Waals surface area contributed by atoms with Gasteiger partial charge in [0.05, 0.1) is 0 Å². The number of ether oxygens (including phenoxy) is 1. The van der Waals surface area contributed by atoms with E-state index in [-0.39, 0.29) is 0 Å². The zero-order valence-corrected chi connectivity index (χ0v) is 13.6. The van der Waals surface area contributed by atoms with Crippen LogP contribution in [0.5, 0.6) is 5.75 Å². The van der Waals surface area contributed by atoms with Crippen LogP contribution in [0.4, 0.5) is 5.69 Å². The highest BCUT2D eigenvalue weighted by Crippen LogP contribution is 2.36. The molecule has 0 bridgehead atoms. The Balaban J connectivity index is 1.93. The minimum Gasteiger partial charge on any atom is -0.488 e. The number of hydrogen-bond donors (Lipinski definition) is 1. The molecule has 0 atom stereocenters. The molecule has 0 heterocycles. The Bertz CT molecular complexity index is 771. The molecule has 3 rings (SSSR count). The van der Waals surface area contributed by atoms with Crippen molar-refractivity contribution in [3.8, 4) is 16.9 Å². The van der Waals surface area contributed by atoms with Crippen LogP contribution in [-0.4, -0.2) is 0 Å². The average Bonchev–Trinajstić information content (AvgIpc) is 2.55. The molecule has 0 spiro atoms. The van der Waals surface area contributed by atoms with Crippen LogP contribution in [0.2, 0.25) is 0 Å². The molecular formula is C19H16BrNO. The van der Waals surface area contributed by atoms with Crippen molar-refractivity contribution in [2.45, 2.75) is 6.61 Å². The van der Waals surface area contributed by atoms with Gasteiger partial charge in [-0.2, -0.15) is 0 Å². The van der Waals surface area contributed by atoms with Crippen LogP contribution in [0.3, 0.4) is 0 Å². The first-order valence-electron chi connectivity index (χ1n) is 7.05. The molecule has 0 aliphatic carbocycles. The van der Waals surface area contributed by atoms with E-state index in [9.17, 15) is 0 Å². The van der Waals surface area contributed by atoms with Crippen molar-refractivity contribution < 1.29 is 4.74 Å². The van der Waals surface area contributed by atoms with Gasteiger partial charge < -0.3 is 10.5 Å². The van der Waals surface area contributed by atoms with Crippen molar-refractivity contribution in [2.75, 3.05) is 5.73 Å². The fourth-order valence-corrected chi connectivity index (χ4v) is 2.68. The Morgan fingerprint density at radius 3 is 2.32 bits per heavy atom. The topological polar surface area (TPSA) is 35.2 Å². The average molecular weight is 354 g/mol. The van der Waals surface area contributed by atoms with Crippen molar-refractivity contribution in [1.82, 2.24) is 0 Å². The van der Waals surface area contributed by atoms with Crippen molar-refractivity contribution in [3.63, 3.8) is 0 Å². The minimum atomic E-state index is 0.530. The second-order valence-electron chi connectivity index (χ2n) is 5.00. The van der Waals surface area contributed by atoms with E-state index in [0.717, 1.165) is 32.6 Å². The summed E-state index contributed by atoms with van der Waals surface area (Å²) in [5, 5.41) is 0. The molecule has 0 aliphatic rings. The lowest BCUT2D eigenvalue weighted by Crippen LogP contribution is -1.98. The normalized spacial score (nSPS) is 10.4. The van der Waals surface area contributed by atoms with Crippen molar-refractivity contribution in [3.05, 3.63) is 82.8 Å². The van der Waals surface area contributed by atoms with E-state index in [1.54, 1.807) is 0 Å². The predicted octanol–water partition coefficient (Wildman–Crippen LogP) is 5.28. The van der Waals surface area contributed by atoms with Gasteiger partial charge in [-0.15, -0.1) is 0 Å². The molecule has 0 saturated heterocycles. The first-order chi connectivity index (χ1) is 10.7. The van der Waals surface area contributed by atoms with Crippen molar-refractivity contribution >= 4 is 21.6 Å². The SMILES string of the molecule is Nc1ccccc1-c1cc(Br)ccc1OCc1ccccc1. The largest absolute Gasteiger partial charge is 0.488 e. The highest BCUT2D eigenvalue weighted by atomic mass is 79.9. The number of hydrogen-bond acceptors (Lipinski definition) is 2. The summed E-state index contributed by atoms with van der Waals surface area (Å²) in [5.41, 5.74) is 9.95. The molecule has 0 radical (unpaired) electrons. The number of anilines is 1. The van der Waals surface area contributed by atoms with Crippen LogP contribution in [0.15, 0.2) is 77.3 Å². The van der Waals surface area contributed by atoms with Crippen LogP contribution >= 0.6 is 15.9 Å². The van der Waals surface area contributed by atoms with E-state index >= 15 is 0 Å². The lowest BCUT2D eigenvalue weighted by atomic mass is 10.0. The van der Waals surface area contributed by atoms with Crippen LogP contribution in [0.25, 0.3) is 11.1 Å². The van der Waals surface area contributed by atoms with Gasteiger partial charge in [-0.25, -0.2) is 0 Å². The fourth-order valence-electron chi connectivity index (χ4n) is 2.32.